The molecule has 0 bridgehead atoms. The molecule has 0 radical (unpaired) electrons. The van der Waals surface area contributed by atoms with Gasteiger partial charge in [-0.3, -0.25) is 24.2 Å². The van der Waals surface area contributed by atoms with Gasteiger partial charge in [-0.25, -0.2) is 0 Å². The third kappa shape index (κ3) is 3.91. The second-order valence-corrected chi connectivity index (χ2v) is 10.4. The van der Waals surface area contributed by atoms with Crippen LogP contribution in [0.2, 0.25) is 5.02 Å². The molecule has 4 rings (SSSR count). The Morgan fingerprint density at radius 2 is 1.89 bits per heavy atom. The van der Waals surface area contributed by atoms with Crippen LogP contribution in [0, 0.1) is 17.8 Å². The minimum absolute atomic E-state index is 0.0154. The molecule has 9 nitrogen and oxygen atoms in total. The predicted octanol–water partition coefficient (Wildman–Crippen LogP) is 2.28. The molecule has 0 heterocycles. The molecule has 0 aromatic heterocycles. The monoisotopic (exact) mass is 515 g/mol. The fourth-order valence-electron chi connectivity index (χ4n) is 6.04. The maximum Gasteiger partial charge on any atom is 0.255 e. The van der Waals surface area contributed by atoms with Gasteiger partial charge in [-0.15, -0.1) is 6.58 Å². The van der Waals surface area contributed by atoms with Crippen LogP contribution in [0.25, 0.3) is 0 Å². The lowest BCUT2D eigenvalue weighted by Crippen LogP contribution is -2.53. The highest BCUT2D eigenvalue weighted by Crippen LogP contribution is 2.51. The van der Waals surface area contributed by atoms with Crippen LogP contribution < -0.4 is 5.73 Å². The molecule has 0 saturated heterocycles. The summed E-state index contributed by atoms with van der Waals surface area (Å²) in [4.78, 5) is 42.6. The number of hydrogen-bond acceptors (Lipinski definition) is 8. The van der Waals surface area contributed by atoms with Crippen molar-refractivity contribution in [3.8, 4) is 5.75 Å². The standard InChI is InChI=1S/C26H30ClN3O6/c1-5-6-30(4)10-12-9-15(27)13-7-11-8-14-18(23(33)16(11)22(32)17(13)21(12)31)24(34)19(26(28)36)25(35)20(14)29(2)3/h5,9,11,14,18,20,31,33,35H,1,6-8,10H2,2-4H3,(H2,28,36)/t11?,14?,18?,20-/m1/s1. The summed E-state index contributed by atoms with van der Waals surface area (Å²) in [6.07, 6.45) is 2.25. The molecule has 0 aliphatic heterocycles. The summed E-state index contributed by atoms with van der Waals surface area (Å²) in [5.41, 5.74) is 5.81. The summed E-state index contributed by atoms with van der Waals surface area (Å²) in [6, 6.07) is 0.880. The van der Waals surface area contributed by atoms with Crippen molar-refractivity contribution in [1.29, 1.82) is 0 Å². The van der Waals surface area contributed by atoms with Gasteiger partial charge in [-0.1, -0.05) is 17.7 Å². The minimum atomic E-state index is -1.22. The first-order valence-electron chi connectivity index (χ1n) is 11.6. The van der Waals surface area contributed by atoms with Crippen molar-refractivity contribution in [2.75, 3.05) is 27.7 Å². The number of phenolic OH excluding ortho intramolecular Hbond substituents is 1. The van der Waals surface area contributed by atoms with Gasteiger partial charge < -0.3 is 21.1 Å². The number of Topliss-reactive ketones (excluding diaryl/α,β-unsaturated/α-hetero) is 2. The number of carbonyl (C=O) groups excluding carboxylic acids is 3. The van der Waals surface area contributed by atoms with Gasteiger partial charge in [0.2, 0.25) is 0 Å². The number of halogens is 1. The number of rotatable bonds is 6. The van der Waals surface area contributed by atoms with Crippen molar-refractivity contribution >= 4 is 29.1 Å². The Hall–Kier alpha value is -3.14. The van der Waals surface area contributed by atoms with E-state index in [1.165, 1.54) is 0 Å². The van der Waals surface area contributed by atoms with Gasteiger partial charge in [0.25, 0.3) is 5.91 Å². The number of nitrogens with two attached hydrogens (primary N) is 1. The first-order valence-corrected chi connectivity index (χ1v) is 12.0. The van der Waals surface area contributed by atoms with Gasteiger partial charge in [0.1, 0.15) is 22.8 Å². The average molecular weight is 516 g/mol. The highest BCUT2D eigenvalue weighted by molar-refractivity contribution is 6.32. The predicted molar refractivity (Wildman–Crippen MR) is 134 cm³/mol. The van der Waals surface area contributed by atoms with Crippen LogP contribution in [0.4, 0.5) is 0 Å². The van der Waals surface area contributed by atoms with E-state index in [9.17, 15) is 29.7 Å². The topological polar surface area (TPSA) is 144 Å². The second-order valence-electron chi connectivity index (χ2n) is 10.0. The molecule has 192 valence electrons. The first-order chi connectivity index (χ1) is 16.9. The van der Waals surface area contributed by atoms with Gasteiger partial charge in [0.15, 0.2) is 11.6 Å². The molecule has 0 spiro atoms. The van der Waals surface area contributed by atoms with Crippen molar-refractivity contribution in [3.05, 3.63) is 63.1 Å². The van der Waals surface area contributed by atoms with Crippen LogP contribution in [-0.2, 0) is 22.6 Å². The summed E-state index contributed by atoms with van der Waals surface area (Å²) >= 11 is 6.59. The Labute approximate surface area is 214 Å². The van der Waals surface area contributed by atoms with Crippen molar-refractivity contribution < 1.29 is 29.7 Å². The summed E-state index contributed by atoms with van der Waals surface area (Å²) < 4.78 is 0. The second kappa shape index (κ2) is 9.38. The number of aromatic hydroxyl groups is 1. The lowest BCUT2D eigenvalue weighted by molar-refractivity contribution is -0.127. The van der Waals surface area contributed by atoms with Crippen LogP contribution in [0.5, 0.6) is 5.75 Å². The van der Waals surface area contributed by atoms with E-state index in [0.717, 1.165) is 0 Å². The van der Waals surface area contributed by atoms with E-state index < -0.39 is 58.4 Å². The molecule has 5 N–H and O–H groups in total. The van der Waals surface area contributed by atoms with Crippen LogP contribution in [0.1, 0.15) is 27.9 Å². The average Bonchev–Trinajstić information content (AvgIpc) is 2.76. The molecule has 3 aliphatic rings. The van der Waals surface area contributed by atoms with E-state index in [0.29, 0.717) is 29.2 Å². The Bertz CT molecular complexity index is 1250. The molecule has 1 amide bonds. The van der Waals surface area contributed by atoms with Crippen molar-refractivity contribution in [3.63, 3.8) is 0 Å². The first kappa shape index (κ1) is 25.9. The smallest absolute Gasteiger partial charge is 0.255 e. The number of amides is 1. The van der Waals surface area contributed by atoms with Crippen LogP contribution in [0.3, 0.4) is 0 Å². The van der Waals surface area contributed by atoms with E-state index >= 15 is 0 Å². The molecule has 36 heavy (non-hydrogen) atoms. The van der Waals surface area contributed by atoms with Gasteiger partial charge in [-0.05, 0) is 57.5 Å². The molecule has 10 heteroatoms. The minimum Gasteiger partial charge on any atom is -0.511 e. The number of likely N-dealkylation sites (N-methyl/N-ethyl adjacent to an activating group) is 2. The van der Waals surface area contributed by atoms with Gasteiger partial charge >= 0.3 is 0 Å². The molecular weight excluding hydrogens is 486 g/mol. The Morgan fingerprint density at radius 3 is 2.47 bits per heavy atom. The molecule has 4 atom stereocenters. The molecule has 3 aliphatic carbocycles. The van der Waals surface area contributed by atoms with E-state index in [-0.39, 0.29) is 29.7 Å². The Kier molecular flexibility index (Phi) is 6.76. The van der Waals surface area contributed by atoms with Crippen LogP contribution in [-0.4, -0.2) is 76.3 Å². The summed E-state index contributed by atoms with van der Waals surface area (Å²) in [7, 11) is 5.20. The number of allylic oxidation sites excluding steroid dienone is 2. The summed E-state index contributed by atoms with van der Waals surface area (Å²) in [5, 5.41) is 33.5. The van der Waals surface area contributed by atoms with E-state index in [1.807, 2.05) is 11.9 Å². The van der Waals surface area contributed by atoms with E-state index in [2.05, 4.69) is 6.58 Å². The highest BCUT2D eigenvalue weighted by atomic mass is 35.5. The zero-order valence-corrected chi connectivity index (χ0v) is 21.2. The third-order valence-corrected chi connectivity index (χ3v) is 7.81. The number of ketones is 2. The third-order valence-electron chi connectivity index (χ3n) is 7.47. The molecule has 1 aromatic rings. The van der Waals surface area contributed by atoms with Gasteiger partial charge in [0, 0.05) is 29.2 Å². The molecule has 0 saturated carbocycles. The number of primary amides is 1. The zero-order chi connectivity index (χ0) is 26.6. The maximum absolute atomic E-state index is 13.7. The normalized spacial score (nSPS) is 25.7. The summed E-state index contributed by atoms with van der Waals surface area (Å²) in [6.45, 7) is 4.56. The fourth-order valence-corrected chi connectivity index (χ4v) is 6.34. The molecule has 1 aromatic carbocycles. The van der Waals surface area contributed by atoms with Crippen molar-refractivity contribution in [2.24, 2.45) is 23.5 Å². The van der Waals surface area contributed by atoms with Crippen molar-refractivity contribution in [2.45, 2.75) is 25.4 Å². The number of phenols is 1. The number of benzene rings is 1. The van der Waals surface area contributed by atoms with Crippen molar-refractivity contribution in [1.82, 2.24) is 9.80 Å². The van der Waals surface area contributed by atoms with E-state index in [1.54, 1.807) is 31.1 Å². The molecule has 0 fully saturated rings. The number of nitrogens with zero attached hydrogens (tertiary/aromatic N) is 2. The summed E-state index contributed by atoms with van der Waals surface area (Å²) in [5.74, 6) is -5.90. The number of carbonyl (C=O) groups is 3. The Balaban J connectivity index is 1.85. The van der Waals surface area contributed by atoms with Crippen LogP contribution in [0.15, 0.2) is 41.4 Å². The number of hydrogen-bond donors (Lipinski definition) is 4. The highest BCUT2D eigenvalue weighted by Gasteiger charge is 2.54. The fraction of sp³-hybridized carbons (Fsp3) is 0.423. The number of aliphatic hydroxyl groups excluding tert-OH is 2. The van der Waals surface area contributed by atoms with Gasteiger partial charge in [-0.2, -0.15) is 0 Å². The lowest BCUT2D eigenvalue weighted by atomic mass is 9.61. The Morgan fingerprint density at radius 1 is 1.22 bits per heavy atom. The van der Waals surface area contributed by atoms with Crippen LogP contribution >= 0.6 is 11.6 Å². The number of aliphatic hydroxyl groups is 2. The SMILES string of the molecule is C=CCN(C)Cc1cc(Cl)c2c(c1O)C(=O)C1=C(O)C3C(=O)C(C(N)=O)=C(O)[C@H](N(C)C)C3CC1C2. The molecular formula is C26H30ClN3O6. The van der Waals surface area contributed by atoms with E-state index in [4.69, 9.17) is 17.3 Å². The maximum atomic E-state index is 13.7. The quantitative estimate of drug-likeness (QED) is 0.333. The van der Waals surface area contributed by atoms with Gasteiger partial charge in [0.05, 0.1) is 17.5 Å². The largest absolute Gasteiger partial charge is 0.511 e. The lowest BCUT2D eigenvalue weighted by Gasteiger charge is -2.46. The molecule has 3 unspecified atom stereocenters. The zero-order valence-electron chi connectivity index (χ0n) is 20.4. The number of fused-ring (bicyclic) bond motifs is 3.